The van der Waals surface area contributed by atoms with Gasteiger partial charge in [-0.2, -0.15) is 0 Å². The molecule has 21 heavy (non-hydrogen) atoms. The normalized spacial score (nSPS) is 14.4. The zero-order chi connectivity index (χ0) is 15.0. The van der Waals surface area contributed by atoms with Crippen molar-refractivity contribution in [1.29, 1.82) is 0 Å². The molecule has 1 aliphatic carbocycles. The lowest BCUT2D eigenvalue weighted by molar-refractivity contribution is 0.679. The van der Waals surface area contributed by atoms with Gasteiger partial charge in [-0.15, -0.1) is 0 Å². The van der Waals surface area contributed by atoms with E-state index in [1.165, 1.54) is 24.0 Å². The van der Waals surface area contributed by atoms with E-state index in [9.17, 15) is 4.79 Å². The molecule has 1 saturated carbocycles. The van der Waals surface area contributed by atoms with Gasteiger partial charge in [0, 0.05) is 41.8 Å². The fourth-order valence-corrected chi connectivity index (χ4v) is 2.59. The number of hydrogen-bond acceptors (Lipinski definition) is 2. The molecular weight excluding hydrogens is 260 g/mol. The van der Waals surface area contributed by atoms with Gasteiger partial charge in [-0.25, -0.2) is 0 Å². The Morgan fingerprint density at radius 3 is 2.67 bits per heavy atom. The summed E-state index contributed by atoms with van der Waals surface area (Å²) in [5, 5.41) is 3.42. The van der Waals surface area contributed by atoms with Crippen LogP contribution in [-0.4, -0.2) is 10.6 Å². The summed E-state index contributed by atoms with van der Waals surface area (Å²) >= 11 is 0. The maximum atomic E-state index is 12.2. The number of aryl methyl sites for hydroxylation is 3. The summed E-state index contributed by atoms with van der Waals surface area (Å²) in [6.45, 7) is 6.85. The number of benzene rings is 1. The minimum absolute atomic E-state index is 0.127. The van der Waals surface area contributed by atoms with E-state index in [0.29, 0.717) is 12.6 Å². The highest BCUT2D eigenvalue weighted by atomic mass is 16.1. The van der Waals surface area contributed by atoms with E-state index in [2.05, 4.69) is 41.9 Å². The second kappa shape index (κ2) is 5.49. The van der Waals surface area contributed by atoms with E-state index in [4.69, 9.17) is 0 Å². The molecule has 0 atom stereocenters. The first-order valence-electron chi connectivity index (χ1n) is 7.58. The van der Waals surface area contributed by atoms with Crippen LogP contribution in [0.3, 0.4) is 0 Å². The van der Waals surface area contributed by atoms with Crippen molar-refractivity contribution in [3.63, 3.8) is 0 Å². The predicted octanol–water partition coefficient (Wildman–Crippen LogP) is 3.01. The molecule has 0 amide bonds. The molecule has 2 aromatic rings. The van der Waals surface area contributed by atoms with Crippen molar-refractivity contribution in [2.45, 2.75) is 46.2 Å². The van der Waals surface area contributed by atoms with Crippen molar-refractivity contribution in [2.24, 2.45) is 0 Å². The molecule has 0 unspecified atom stereocenters. The second-order valence-corrected chi connectivity index (χ2v) is 6.12. The summed E-state index contributed by atoms with van der Waals surface area (Å²) < 4.78 is 2.13. The SMILES string of the molecule is Cc1ccc(C)c(-n2cc(CNC3CC3)c(=O)cc2C)c1. The highest BCUT2D eigenvalue weighted by molar-refractivity contribution is 5.45. The summed E-state index contributed by atoms with van der Waals surface area (Å²) in [5.41, 5.74) is 5.54. The molecule has 1 N–H and O–H groups in total. The van der Waals surface area contributed by atoms with Gasteiger partial charge in [-0.1, -0.05) is 12.1 Å². The van der Waals surface area contributed by atoms with Crippen LogP contribution >= 0.6 is 0 Å². The molecule has 1 aliphatic rings. The molecule has 110 valence electrons. The van der Waals surface area contributed by atoms with Crippen molar-refractivity contribution in [2.75, 3.05) is 0 Å². The average Bonchev–Trinajstić information content (AvgIpc) is 3.25. The second-order valence-electron chi connectivity index (χ2n) is 6.12. The molecule has 1 aromatic carbocycles. The van der Waals surface area contributed by atoms with E-state index in [0.717, 1.165) is 16.9 Å². The van der Waals surface area contributed by atoms with E-state index >= 15 is 0 Å². The summed E-state index contributed by atoms with van der Waals surface area (Å²) in [4.78, 5) is 12.2. The first kappa shape index (κ1) is 14.1. The molecule has 0 radical (unpaired) electrons. The first-order chi connectivity index (χ1) is 10.0. The maximum Gasteiger partial charge on any atom is 0.186 e. The Labute approximate surface area is 125 Å². The largest absolute Gasteiger partial charge is 0.320 e. The molecule has 1 aromatic heterocycles. The molecule has 1 heterocycles. The fourth-order valence-electron chi connectivity index (χ4n) is 2.59. The first-order valence-corrected chi connectivity index (χ1v) is 7.58. The third-order valence-electron chi connectivity index (χ3n) is 4.10. The van der Waals surface area contributed by atoms with Crippen LogP contribution in [0, 0.1) is 20.8 Å². The Hall–Kier alpha value is -1.87. The van der Waals surface area contributed by atoms with Crippen LogP contribution in [0.25, 0.3) is 5.69 Å². The van der Waals surface area contributed by atoms with Crippen molar-refractivity contribution in [3.05, 3.63) is 63.1 Å². The van der Waals surface area contributed by atoms with Crippen molar-refractivity contribution >= 4 is 0 Å². The highest BCUT2D eigenvalue weighted by Crippen LogP contribution is 2.20. The number of aromatic nitrogens is 1. The van der Waals surface area contributed by atoms with Crippen LogP contribution in [0.4, 0.5) is 0 Å². The number of nitrogens with one attached hydrogen (secondary N) is 1. The van der Waals surface area contributed by atoms with Gasteiger partial charge in [0.2, 0.25) is 0 Å². The Morgan fingerprint density at radius 1 is 1.19 bits per heavy atom. The van der Waals surface area contributed by atoms with Gasteiger partial charge in [0.05, 0.1) is 0 Å². The monoisotopic (exact) mass is 282 g/mol. The highest BCUT2D eigenvalue weighted by Gasteiger charge is 2.20. The molecule has 0 bridgehead atoms. The zero-order valence-electron chi connectivity index (χ0n) is 12.9. The van der Waals surface area contributed by atoms with E-state index in [1.807, 2.05) is 13.1 Å². The Morgan fingerprint density at radius 2 is 1.95 bits per heavy atom. The molecule has 3 rings (SSSR count). The third-order valence-corrected chi connectivity index (χ3v) is 4.10. The van der Waals surface area contributed by atoms with E-state index < -0.39 is 0 Å². The minimum Gasteiger partial charge on any atom is -0.320 e. The molecule has 0 spiro atoms. The van der Waals surface area contributed by atoms with Crippen molar-refractivity contribution < 1.29 is 0 Å². The summed E-state index contributed by atoms with van der Waals surface area (Å²) in [6.07, 6.45) is 4.46. The Kier molecular flexibility index (Phi) is 3.68. The van der Waals surface area contributed by atoms with Crippen LogP contribution in [-0.2, 0) is 6.54 Å². The summed E-state index contributed by atoms with van der Waals surface area (Å²) in [5.74, 6) is 0. The molecule has 3 heteroatoms. The average molecular weight is 282 g/mol. The van der Waals surface area contributed by atoms with Gasteiger partial charge in [0.15, 0.2) is 5.43 Å². The smallest absolute Gasteiger partial charge is 0.186 e. The maximum absolute atomic E-state index is 12.2. The van der Waals surface area contributed by atoms with E-state index in [1.54, 1.807) is 6.07 Å². The standard InChI is InChI=1S/C18H22N2O/c1-12-4-5-13(2)17(8-12)20-11-15(10-19-16-6-7-16)18(21)9-14(20)3/h4-5,8-9,11,16,19H,6-7,10H2,1-3H3. The van der Waals surface area contributed by atoms with Gasteiger partial charge in [0.1, 0.15) is 0 Å². The number of hydrogen-bond donors (Lipinski definition) is 1. The molecular formula is C18H22N2O. The molecule has 0 saturated heterocycles. The lowest BCUT2D eigenvalue weighted by atomic mass is 10.1. The topological polar surface area (TPSA) is 34.0 Å². The van der Waals surface area contributed by atoms with Crippen LogP contribution in [0.1, 0.15) is 35.2 Å². The Balaban J connectivity index is 2.02. The van der Waals surface area contributed by atoms with Gasteiger partial charge < -0.3 is 9.88 Å². The zero-order valence-corrected chi connectivity index (χ0v) is 12.9. The Bertz CT molecular complexity index is 726. The molecule has 3 nitrogen and oxygen atoms in total. The number of nitrogens with zero attached hydrogens (tertiary/aromatic N) is 1. The van der Waals surface area contributed by atoms with Crippen molar-refractivity contribution in [3.8, 4) is 5.69 Å². The molecule has 0 aliphatic heterocycles. The van der Waals surface area contributed by atoms with Crippen molar-refractivity contribution in [1.82, 2.24) is 9.88 Å². The van der Waals surface area contributed by atoms with Gasteiger partial charge in [-0.05, 0) is 50.8 Å². The quantitative estimate of drug-likeness (QED) is 0.935. The van der Waals surface area contributed by atoms with Crippen LogP contribution in [0.5, 0.6) is 0 Å². The van der Waals surface area contributed by atoms with Crippen LogP contribution in [0.2, 0.25) is 0 Å². The number of rotatable bonds is 4. The number of pyridine rings is 1. The fraction of sp³-hybridized carbons (Fsp3) is 0.389. The van der Waals surface area contributed by atoms with E-state index in [-0.39, 0.29) is 5.43 Å². The summed E-state index contributed by atoms with van der Waals surface area (Å²) in [6, 6.07) is 8.77. The summed E-state index contributed by atoms with van der Waals surface area (Å²) in [7, 11) is 0. The van der Waals surface area contributed by atoms with Gasteiger partial charge >= 0.3 is 0 Å². The molecule has 1 fully saturated rings. The predicted molar refractivity (Wildman–Crippen MR) is 86.1 cm³/mol. The van der Waals surface area contributed by atoms with Gasteiger partial charge in [-0.3, -0.25) is 4.79 Å². The van der Waals surface area contributed by atoms with Crippen LogP contribution < -0.4 is 10.7 Å². The minimum atomic E-state index is 0.127. The lowest BCUT2D eigenvalue weighted by Crippen LogP contribution is -2.23. The third kappa shape index (κ3) is 3.08. The van der Waals surface area contributed by atoms with Gasteiger partial charge in [0.25, 0.3) is 0 Å². The van der Waals surface area contributed by atoms with Crippen LogP contribution in [0.15, 0.2) is 35.3 Å². The lowest BCUT2D eigenvalue weighted by Gasteiger charge is -2.16.